The molecule has 0 aliphatic rings. The van der Waals surface area contributed by atoms with Crippen molar-refractivity contribution in [2.24, 2.45) is 0 Å². The van der Waals surface area contributed by atoms with Crippen LogP contribution in [0.5, 0.6) is 0 Å². The minimum Gasteiger partial charge on any atom is -0.436 e. The van der Waals surface area contributed by atoms with Crippen LogP contribution in [0.2, 0.25) is 0 Å². The minimum atomic E-state index is 0.525. The molecule has 0 amide bonds. The van der Waals surface area contributed by atoms with Crippen molar-refractivity contribution in [2.75, 3.05) is 5.73 Å². The molecular formula is C10H8N4O. The molecule has 5 heteroatoms. The van der Waals surface area contributed by atoms with Crippen LogP contribution in [0.15, 0.2) is 35.0 Å². The molecule has 0 atom stereocenters. The Morgan fingerprint density at radius 1 is 1.33 bits per heavy atom. The van der Waals surface area contributed by atoms with Gasteiger partial charge < -0.3 is 10.2 Å². The maximum absolute atomic E-state index is 5.78. The number of oxazole rings is 1. The average Bonchev–Trinajstić information content (AvgIpc) is 2.86. The van der Waals surface area contributed by atoms with Gasteiger partial charge >= 0.3 is 0 Å². The summed E-state index contributed by atoms with van der Waals surface area (Å²) in [6, 6.07) is 5.47. The number of anilines is 1. The van der Waals surface area contributed by atoms with E-state index in [-0.39, 0.29) is 0 Å². The summed E-state index contributed by atoms with van der Waals surface area (Å²) >= 11 is 0. The first-order valence-corrected chi connectivity index (χ1v) is 4.49. The monoisotopic (exact) mass is 200 g/mol. The van der Waals surface area contributed by atoms with Gasteiger partial charge in [-0.15, -0.1) is 0 Å². The number of rotatable bonds is 1. The van der Waals surface area contributed by atoms with Crippen molar-refractivity contribution in [1.29, 1.82) is 0 Å². The Morgan fingerprint density at radius 2 is 2.27 bits per heavy atom. The van der Waals surface area contributed by atoms with E-state index in [1.807, 2.05) is 12.1 Å². The number of nitrogens with one attached hydrogen (secondary N) is 1. The van der Waals surface area contributed by atoms with Crippen molar-refractivity contribution in [3.63, 3.8) is 0 Å². The molecular weight excluding hydrogens is 192 g/mol. The molecule has 2 heterocycles. The predicted molar refractivity (Wildman–Crippen MR) is 56.0 cm³/mol. The van der Waals surface area contributed by atoms with Gasteiger partial charge in [0, 0.05) is 6.20 Å². The fourth-order valence-electron chi connectivity index (χ4n) is 1.46. The third-order valence-electron chi connectivity index (χ3n) is 2.20. The molecule has 3 aromatic rings. The summed E-state index contributed by atoms with van der Waals surface area (Å²) in [5, 5.41) is 6.54. The van der Waals surface area contributed by atoms with E-state index in [9.17, 15) is 0 Å². The summed E-state index contributed by atoms with van der Waals surface area (Å²) in [4.78, 5) is 4.30. The summed E-state index contributed by atoms with van der Waals surface area (Å²) < 4.78 is 5.54. The fourth-order valence-corrected chi connectivity index (χ4v) is 1.46. The van der Waals surface area contributed by atoms with Crippen LogP contribution in [-0.4, -0.2) is 15.2 Å². The molecule has 3 rings (SSSR count). The number of nitrogen functional groups attached to an aromatic ring is 1. The first kappa shape index (κ1) is 8.05. The van der Waals surface area contributed by atoms with Crippen molar-refractivity contribution in [3.8, 4) is 11.5 Å². The maximum atomic E-state index is 5.78. The van der Waals surface area contributed by atoms with Crippen molar-refractivity contribution in [3.05, 3.63) is 30.6 Å². The van der Waals surface area contributed by atoms with Crippen LogP contribution in [0.4, 0.5) is 5.69 Å². The van der Waals surface area contributed by atoms with Crippen LogP contribution in [0.25, 0.3) is 22.6 Å². The van der Waals surface area contributed by atoms with Gasteiger partial charge in [0.05, 0.1) is 17.4 Å². The predicted octanol–water partition coefficient (Wildman–Crippen LogP) is 1.80. The van der Waals surface area contributed by atoms with Crippen LogP contribution >= 0.6 is 0 Å². The summed E-state index contributed by atoms with van der Waals surface area (Å²) in [6.45, 7) is 0. The molecule has 0 radical (unpaired) electrons. The number of nitrogens with zero attached hydrogens (tertiary/aromatic N) is 2. The maximum Gasteiger partial charge on any atom is 0.230 e. The van der Waals surface area contributed by atoms with Crippen molar-refractivity contribution in [2.45, 2.75) is 0 Å². The first-order valence-electron chi connectivity index (χ1n) is 4.49. The van der Waals surface area contributed by atoms with Crippen molar-refractivity contribution >= 4 is 16.8 Å². The van der Waals surface area contributed by atoms with Gasteiger partial charge in [-0.1, -0.05) is 6.07 Å². The highest BCUT2D eigenvalue weighted by Crippen LogP contribution is 2.26. The number of aromatic nitrogens is 3. The second-order valence-electron chi connectivity index (χ2n) is 3.20. The van der Waals surface area contributed by atoms with Gasteiger partial charge in [0.2, 0.25) is 5.89 Å². The number of para-hydroxylation sites is 1. The van der Waals surface area contributed by atoms with E-state index >= 15 is 0 Å². The second kappa shape index (κ2) is 2.84. The van der Waals surface area contributed by atoms with Gasteiger partial charge in [-0.25, -0.2) is 4.98 Å². The van der Waals surface area contributed by atoms with Crippen molar-refractivity contribution in [1.82, 2.24) is 15.2 Å². The largest absolute Gasteiger partial charge is 0.436 e. The van der Waals surface area contributed by atoms with E-state index < -0.39 is 0 Å². The Morgan fingerprint density at radius 3 is 3.00 bits per heavy atom. The van der Waals surface area contributed by atoms with Crippen LogP contribution in [0.3, 0.4) is 0 Å². The van der Waals surface area contributed by atoms with Gasteiger partial charge in [-0.05, 0) is 12.1 Å². The lowest BCUT2D eigenvalue weighted by atomic mass is 10.3. The molecule has 0 spiro atoms. The third-order valence-corrected chi connectivity index (χ3v) is 2.20. The topological polar surface area (TPSA) is 80.7 Å². The third kappa shape index (κ3) is 1.17. The van der Waals surface area contributed by atoms with E-state index in [0.717, 1.165) is 5.56 Å². The van der Waals surface area contributed by atoms with E-state index in [4.69, 9.17) is 10.2 Å². The summed E-state index contributed by atoms with van der Waals surface area (Å²) in [7, 11) is 0. The molecule has 0 fully saturated rings. The van der Waals surface area contributed by atoms with Gasteiger partial charge in [0.25, 0.3) is 0 Å². The lowest BCUT2D eigenvalue weighted by molar-refractivity contribution is 0.620. The van der Waals surface area contributed by atoms with Crippen LogP contribution in [0, 0.1) is 0 Å². The molecule has 0 bridgehead atoms. The molecule has 0 aliphatic heterocycles. The molecule has 5 nitrogen and oxygen atoms in total. The minimum absolute atomic E-state index is 0.525. The average molecular weight is 200 g/mol. The van der Waals surface area contributed by atoms with Crippen LogP contribution in [0.1, 0.15) is 0 Å². The first-order chi connectivity index (χ1) is 7.34. The van der Waals surface area contributed by atoms with Gasteiger partial charge in [-0.2, -0.15) is 5.10 Å². The Labute approximate surface area is 84.9 Å². The summed E-state index contributed by atoms with van der Waals surface area (Å²) in [5.41, 5.74) is 8.58. The number of aromatic amines is 1. The Hall–Kier alpha value is -2.30. The van der Waals surface area contributed by atoms with Crippen LogP contribution in [-0.2, 0) is 0 Å². The lowest BCUT2D eigenvalue weighted by Crippen LogP contribution is -1.84. The number of fused-ring (bicyclic) bond motifs is 1. The quantitative estimate of drug-likeness (QED) is 0.587. The smallest absolute Gasteiger partial charge is 0.230 e. The summed E-state index contributed by atoms with van der Waals surface area (Å²) in [6.07, 6.45) is 3.38. The second-order valence-corrected chi connectivity index (χ2v) is 3.20. The molecule has 1 aromatic carbocycles. The van der Waals surface area contributed by atoms with Gasteiger partial charge in [-0.3, -0.25) is 5.10 Å². The lowest BCUT2D eigenvalue weighted by Gasteiger charge is -1.89. The fraction of sp³-hybridized carbons (Fsp3) is 0. The number of H-pyrrole nitrogens is 1. The van der Waals surface area contributed by atoms with E-state index in [2.05, 4.69) is 15.2 Å². The van der Waals surface area contributed by atoms with Gasteiger partial charge in [0.1, 0.15) is 5.52 Å². The van der Waals surface area contributed by atoms with Crippen LogP contribution < -0.4 is 5.73 Å². The SMILES string of the molecule is Nc1cccc2oc(-c3cn[nH]c3)nc12. The Balaban J connectivity index is 2.27. The highest BCUT2D eigenvalue weighted by molar-refractivity contribution is 5.86. The summed E-state index contributed by atoms with van der Waals surface area (Å²) in [5.74, 6) is 0.525. The number of benzene rings is 1. The zero-order valence-electron chi connectivity index (χ0n) is 7.77. The zero-order chi connectivity index (χ0) is 10.3. The molecule has 0 aliphatic carbocycles. The van der Waals surface area contributed by atoms with E-state index in [0.29, 0.717) is 22.7 Å². The van der Waals surface area contributed by atoms with Gasteiger partial charge in [0.15, 0.2) is 5.58 Å². The zero-order valence-corrected chi connectivity index (χ0v) is 7.77. The molecule has 0 unspecified atom stereocenters. The molecule has 0 saturated carbocycles. The standard InChI is InChI=1S/C10H8N4O/c11-7-2-1-3-8-9(7)14-10(15-8)6-4-12-13-5-6/h1-5H,11H2,(H,12,13). The Bertz CT molecular complexity index is 597. The number of hydrogen-bond acceptors (Lipinski definition) is 4. The molecule has 15 heavy (non-hydrogen) atoms. The number of hydrogen-bond donors (Lipinski definition) is 2. The molecule has 2 aromatic heterocycles. The van der Waals surface area contributed by atoms with Crippen molar-refractivity contribution < 1.29 is 4.42 Å². The van der Waals surface area contributed by atoms with E-state index in [1.165, 1.54) is 0 Å². The van der Waals surface area contributed by atoms with E-state index in [1.54, 1.807) is 18.5 Å². The highest BCUT2D eigenvalue weighted by atomic mass is 16.3. The molecule has 0 saturated heterocycles. The highest BCUT2D eigenvalue weighted by Gasteiger charge is 2.10. The number of nitrogens with two attached hydrogens (primary N) is 1. The normalized spacial score (nSPS) is 10.9. The molecule has 74 valence electrons. The molecule has 3 N–H and O–H groups in total. The Kier molecular flexibility index (Phi) is 1.53.